The van der Waals surface area contributed by atoms with Crippen LogP contribution in [-0.4, -0.2) is 55.1 Å². The Morgan fingerprint density at radius 2 is 0.868 bits per heavy atom. The third-order valence-corrected chi connectivity index (χ3v) is 4.55. The summed E-state index contributed by atoms with van der Waals surface area (Å²) in [5.41, 5.74) is -2.49. The molecule has 0 aliphatic rings. The van der Waals surface area contributed by atoms with Gasteiger partial charge in [0.1, 0.15) is 11.2 Å². The zero-order valence-corrected chi connectivity index (χ0v) is 22.5. The highest BCUT2D eigenvalue weighted by Crippen LogP contribution is 2.22. The van der Waals surface area contributed by atoms with Crippen LogP contribution >= 0.6 is 0 Å². The van der Waals surface area contributed by atoms with E-state index in [0.717, 1.165) is 26.4 Å². The lowest BCUT2D eigenvalue weighted by molar-refractivity contribution is -0.301. The number of carbonyl (C=O) groups excluding carboxylic acids is 5. The van der Waals surface area contributed by atoms with Gasteiger partial charge in [-0.3, -0.25) is 14.6 Å². The highest BCUT2D eigenvalue weighted by Gasteiger charge is 2.27. The standard InChI is InChI=1S/C27H30O11/c1-26(2,3)37-35-24(31)17-11-9-15(13-19(17)22(29)33-7)21(28)16-10-12-18(20(14-16)23(30)34-8)25(32)36-38-27(4,5)6/h9-14H,1-8H3. The molecule has 0 heterocycles. The first-order chi connectivity index (χ1) is 17.6. The summed E-state index contributed by atoms with van der Waals surface area (Å²) in [6.45, 7) is 9.97. The highest BCUT2D eigenvalue weighted by molar-refractivity contribution is 6.13. The molecule has 0 aromatic heterocycles. The molecule has 11 heteroatoms. The van der Waals surface area contributed by atoms with Crippen LogP contribution in [0.2, 0.25) is 0 Å². The van der Waals surface area contributed by atoms with Gasteiger partial charge in [0.25, 0.3) is 0 Å². The quantitative estimate of drug-likeness (QED) is 0.209. The Morgan fingerprint density at radius 3 is 1.16 bits per heavy atom. The number of ether oxygens (including phenoxy) is 2. The first-order valence-corrected chi connectivity index (χ1v) is 11.4. The van der Waals surface area contributed by atoms with E-state index >= 15 is 0 Å². The molecule has 0 spiro atoms. The molecule has 0 fully saturated rings. The van der Waals surface area contributed by atoms with Crippen molar-refractivity contribution in [1.82, 2.24) is 0 Å². The Balaban J connectivity index is 2.47. The second-order valence-electron chi connectivity index (χ2n) is 9.97. The van der Waals surface area contributed by atoms with Crippen LogP contribution in [0, 0.1) is 0 Å². The number of benzene rings is 2. The fraction of sp³-hybridized carbons (Fsp3) is 0.370. The molecule has 0 radical (unpaired) electrons. The van der Waals surface area contributed by atoms with Crippen molar-refractivity contribution in [2.24, 2.45) is 0 Å². The van der Waals surface area contributed by atoms with Crippen LogP contribution in [0.5, 0.6) is 0 Å². The van der Waals surface area contributed by atoms with Gasteiger partial charge in [-0.15, -0.1) is 0 Å². The number of carbonyl (C=O) groups is 5. The SMILES string of the molecule is COC(=O)c1cc(C(=O)c2ccc(C(=O)OOC(C)(C)C)c(C(=O)OC)c2)ccc1C(=O)OOC(C)(C)C. The molecule has 0 aliphatic carbocycles. The van der Waals surface area contributed by atoms with E-state index in [-0.39, 0.29) is 33.4 Å². The molecule has 2 aromatic rings. The van der Waals surface area contributed by atoms with Crippen molar-refractivity contribution in [3.8, 4) is 0 Å². The predicted molar refractivity (Wildman–Crippen MR) is 132 cm³/mol. The maximum atomic E-state index is 13.3. The Kier molecular flexibility index (Phi) is 9.49. The van der Waals surface area contributed by atoms with Crippen LogP contribution in [-0.2, 0) is 29.0 Å². The van der Waals surface area contributed by atoms with E-state index in [0.29, 0.717) is 0 Å². The van der Waals surface area contributed by atoms with Gasteiger partial charge in [-0.1, -0.05) is 12.1 Å². The molecule has 2 aromatic carbocycles. The topological polar surface area (TPSA) is 141 Å². The first kappa shape index (κ1) is 30.1. The van der Waals surface area contributed by atoms with Crippen molar-refractivity contribution in [2.45, 2.75) is 52.7 Å². The Labute approximate surface area is 219 Å². The number of hydrogen-bond acceptors (Lipinski definition) is 11. The van der Waals surface area contributed by atoms with Crippen LogP contribution in [0.3, 0.4) is 0 Å². The monoisotopic (exact) mass is 530 g/mol. The van der Waals surface area contributed by atoms with Gasteiger partial charge < -0.3 is 9.47 Å². The second-order valence-corrected chi connectivity index (χ2v) is 9.97. The smallest absolute Gasteiger partial charge is 0.373 e. The Bertz CT molecular complexity index is 1150. The maximum absolute atomic E-state index is 13.3. The molecule has 2 rings (SSSR count). The molecule has 0 amide bonds. The van der Waals surface area contributed by atoms with Crippen molar-refractivity contribution in [3.05, 3.63) is 69.8 Å². The van der Waals surface area contributed by atoms with Crippen molar-refractivity contribution in [3.63, 3.8) is 0 Å². The number of ketones is 1. The Morgan fingerprint density at radius 1 is 0.526 bits per heavy atom. The largest absolute Gasteiger partial charge is 0.465 e. The molecule has 204 valence electrons. The van der Waals surface area contributed by atoms with E-state index in [1.807, 2.05) is 0 Å². The number of esters is 2. The molecule has 11 nitrogen and oxygen atoms in total. The van der Waals surface area contributed by atoms with Crippen LogP contribution in [0.15, 0.2) is 36.4 Å². The van der Waals surface area contributed by atoms with E-state index in [9.17, 15) is 24.0 Å². The summed E-state index contributed by atoms with van der Waals surface area (Å²) in [5.74, 6) is -4.35. The minimum Gasteiger partial charge on any atom is -0.465 e. The van der Waals surface area contributed by atoms with Gasteiger partial charge in [0, 0.05) is 11.1 Å². The lowest BCUT2D eigenvalue weighted by Gasteiger charge is -2.17. The molecule has 0 bridgehead atoms. The van der Waals surface area contributed by atoms with E-state index in [1.165, 1.54) is 24.3 Å². The summed E-state index contributed by atoms with van der Waals surface area (Å²) in [7, 11) is 2.23. The van der Waals surface area contributed by atoms with Gasteiger partial charge in [0.05, 0.1) is 36.5 Å². The second kappa shape index (κ2) is 12.0. The van der Waals surface area contributed by atoms with Crippen molar-refractivity contribution in [1.29, 1.82) is 0 Å². The molecule has 38 heavy (non-hydrogen) atoms. The van der Waals surface area contributed by atoms with Crippen LogP contribution in [0.25, 0.3) is 0 Å². The minimum absolute atomic E-state index is 0.0131. The van der Waals surface area contributed by atoms with Crippen molar-refractivity contribution in [2.75, 3.05) is 14.2 Å². The average Bonchev–Trinajstić information content (AvgIpc) is 2.87. The highest BCUT2D eigenvalue weighted by atomic mass is 17.2. The van der Waals surface area contributed by atoms with Crippen LogP contribution in [0.4, 0.5) is 0 Å². The van der Waals surface area contributed by atoms with Gasteiger partial charge >= 0.3 is 23.9 Å². The average molecular weight is 531 g/mol. The summed E-state index contributed by atoms with van der Waals surface area (Å²) in [4.78, 5) is 82.7. The molecule has 0 atom stereocenters. The zero-order chi connectivity index (χ0) is 28.8. The van der Waals surface area contributed by atoms with Gasteiger partial charge in [0.15, 0.2) is 5.78 Å². The number of hydrogen-bond donors (Lipinski definition) is 0. The Hall–Kier alpha value is -4.09. The summed E-state index contributed by atoms with van der Waals surface area (Å²) in [6, 6.07) is 7.31. The lowest BCUT2D eigenvalue weighted by Crippen LogP contribution is -2.23. The third-order valence-electron chi connectivity index (χ3n) is 4.55. The molecule has 0 saturated carbocycles. The van der Waals surface area contributed by atoms with Gasteiger partial charge in [-0.25, -0.2) is 19.2 Å². The van der Waals surface area contributed by atoms with E-state index in [2.05, 4.69) is 0 Å². The zero-order valence-electron chi connectivity index (χ0n) is 22.5. The van der Waals surface area contributed by atoms with Crippen LogP contribution in [0.1, 0.15) is 98.9 Å². The van der Waals surface area contributed by atoms with Crippen molar-refractivity contribution < 1.29 is 53.0 Å². The van der Waals surface area contributed by atoms with Gasteiger partial charge in [0.2, 0.25) is 0 Å². The number of methoxy groups -OCH3 is 2. The molecular weight excluding hydrogens is 500 g/mol. The fourth-order valence-corrected chi connectivity index (χ4v) is 2.87. The van der Waals surface area contributed by atoms with E-state index in [1.54, 1.807) is 41.5 Å². The summed E-state index contributed by atoms with van der Waals surface area (Å²) in [6.07, 6.45) is 0. The van der Waals surface area contributed by atoms with E-state index in [4.69, 9.17) is 29.0 Å². The summed E-state index contributed by atoms with van der Waals surface area (Å²) in [5, 5.41) is 0. The molecule has 0 N–H and O–H groups in total. The van der Waals surface area contributed by atoms with Gasteiger partial charge in [-0.2, -0.15) is 9.78 Å². The summed E-state index contributed by atoms with van der Waals surface area (Å²) < 4.78 is 9.49. The van der Waals surface area contributed by atoms with E-state index < -0.39 is 40.9 Å². The van der Waals surface area contributed by atoms with Crippen molar-refractivity contribution >= 4 is 29.7 Å². The summed E-state index contributed by atoms with van der Waals surface area (Å²) >= 11 is 0. The molecular formula is C27H30O11. The third kappa shape index (κ3) is 7.95. The van der Waals surface area contributed by atoms with Crippen LogP contribution < -0.4 is 0 Å². The molecule has 0 saturated heterocycles. The maximum Gasteiger partial charge on any atom is 0.373 e. The van der Waals surface area contributed by atoms with Gasteiger partial charge in [-0.05, 0) is 65.8 Å². The normalized spacial score (nSPS) is 11.4. The predicted octanol–water partition coefficient (Wildman–Crippen LogP) is 4.26. The minimum atomic E-state index is -0.965. The molecule has 0 unspecified atom stereocenters. The lowest BCUT2D eigenvalue weighted by atomic mass is 9.95. The molecule has 0 aliphatic heterocycles. The first-order valence-electron chi connectivity index (χ1n) is 11.4. The fourth-order valence-electron chi connectivity index (χ4n) is 2.87. The number of rotatable bonds is 8.